The molecule has 4 nitrogen and oxygen atoms in total. The third kappa shape index (κ3) is 6.33. The van der Waals surface area contributed by atoms with Gasteiger partial charge in [0.25, 0.3) is 0 Å². The molecule has 1 aromatic carbocycles. The van der Waals surface area contributed by atoms with Gasteiger partial charge in [0.05, 0.1) is 38.6 Å². The highest BCUT2D eigenvalue weighted by atomic mass is 16.5. The highest BCUT2D eigenvalue weighted by molar-refractivity contribution is 5.80. The molecule has 0 spiro atoms. The highest BCUT2D eigenvalue weighted by Gasteiger charge is 2.34. The van der Waals surface area contributed by atoms with Crippen molar-refractivity contribution in [2.45, 2.75) is 119 Å². The molecule has 0 bridgehead atoms. The van der Waals surface area contributed by atoms with E-state index in [0.717, 1.165) is 35.1 Å². The summed E-state index contributed by atoms with van der Waals surface area (Å²) in [6, 6.07) is 0. The molecule has 3 rings (SSSR count). The third-order valence-electron chi connectivity index (χ3n) is 9.23. The fourth-order valence-corrected chi connectivity index (χ4v) is 6.75. The third-order valence-corrected chi connectivity index (χ3v) is 9.23. The number of ether oxygens (including phenoxy) is 2. The summed E-state index contributed by atoms with van der Waals surface area (Å²) >= 11 is 0. The molecule has 2 saturated carbocycles. The summed E-state index contributed by atoms with van der Waals surface area (Å²) in [6.45, 7) is 34.5. The summed E-state index contributed by atoms with van der Waals surface area (Å²) in [6.07, 6.45) is 7.66. The summed E-state index contributed by atoms with van der Waals surface area (Å²) in [5.41, 5.74) is 4.88. The van der Waals surface area contributed by atoms with Crippen molar-refractivity contribution in [1.82, 2.24) is 0 Å². The van der Waals surface area contributed by atoms with Gasteiger partial charge >= 0.3 is 0 Å². The van der Waals surface area contributed by atoms with E-state index >= 15 is 0 Å². The lowest BCUT2D eigenvalue weighted by Crippen LogP contribution is -2.35. The predicted octanol–water partition coefficient (Wildman–Crippen LogP) is 9.36. The Morgan fingerprint density at radius 1 is 0.694 bits per heavy atom. The largest absolute Gasteiger partial charge is 0.373 e. The van der Waals surface area contributed by atoms with Crippen LogP contribution >= 0.6 is 0 Å². The second kappa shape index (κ2) is 12.6. The van der Waals surface area contributed by atoms with E-state index in [0.29, 0.717) is 60.1 Å². The maximum atomic E-state index is 7.80. The van der Waals surface area contributed by atoms with E-state index in [-0.39, 0.29) is 12.2 Å². The number of rotatable bonds is 8. The van der Waals surface area contributed by atoms with Crippen LogP contribution in [0, 0.1) is 62.5 Å². The van der Waals surface area contributed by atoms with Crippen molar-refractivity contribution in [3.05, 3.63) is 45.1 Å². The van der Waals surface area contributed by atoms with Gasteiger partial charge in [0.15, 0.2) is 11.4 Å². The van der Waals surface area contributed by atoms with Gasteiger partial charge in [0.1, 0.15) is 0 Å². The summed E-state index contributed by atoms with van der Waals surface area (Å²) in [5, 5.41) is 0. The van der Waals surface area contributed by atoms with Gasteiger partial charge < -0.3 is 9.47 Å². The molecule has 0 aromatic heterocycles. The molecule has 0 aliphatic heterocycles. The van der Waals surface area contributed by atoms with E-state index in [1.165, 1.54) is 25.7 Å². The molecular weight excluding hydrogens is 444 g/mol. The molecule has 0 N–H and O–H groups in total. The van der Waals surface area contributed by atoms with Gasteiger partial charge in [-0.2, -0.15) is 0 Å². The molecule has 6 atom stereocenters. The van der Waals surface area contributed by atoms with Crippen LogP contribution in [0.25, 0.3) is 9.69 Å². The Hall–Kier alpha value is -1.88. The van der Waals surface area contributed by atoms with Crippen LogP contribution < -0.4 is 0 Å². The van der Waals surface area contributed by atoms with Crippen molar-refractivity contribution in [2.24, 2.45) is 35.5 Å². The molecule has 4 heteroatoms. The van der Waals surface area contributed by atoms with Gasteiger partial charge in [-0.3, -0.25) is 0 Å². The average molecular weight is 493 g/mol. The number of nitrogens with zero attached hydrogens (tertiary/aromatic N) is 2. The summed E-state index contributed by atoms with van der Waals surface area (Å²) in [7, 11) is 0. The van der Waals surface area contributed by atoms with Crippen LogP contribution in [0.15, 0.2) is 0 Å². The van der Waals surface area contributed by atoms with E-state index in [1.807, 2.05) is 13.8 Å². The van der Waals surface area contributed by atoms with E-state index in [4.69, 9.17) is 22.6 Å². The maximum absolute atomic E-state index is 7.80. The van der Waals surface area contributed by atoms with Crippen molar-refractivity contribution in [3.8, 4) is 0 Å². The molecule has 0 saturated heterocycles. The Kier molecular flexibility index (Phi) is 10.0. The van der Waals surface area contributed by atoms with Crippen molar-refractivity contribution in [3.63, 3.8) is 0 Å². The van der Waals surface area contributed by atoms with Crippen LogP contribution in [0.1, 0.15) is 102 Å². The molecule has 0 heterocycles. The summed E-state index contributed by atoms with van der Waals surface area (Å²) in [5.74, 6) is 3.69. The number of hydrogen-bond acceptors (Lipinski definition) is 2. The average Bonchev–Trinajstić information content (AvgIpc) is 2.82. The summed E-state index contributed by atoms with van der Waals surface area (Å²) in [4.78, 5) is 7.58. The van der Waals surface area contributed by atoms with Gasteiger partial charge in [-0.1, -0.05) is 79.4 Å². The molecule has 1 aromatic rings. The summed E-state index contributed by atoms with van der Waals surface area (Å²) < 4.78 is 13.4. The number of benzene rings is 1. The highest BCUT2D eigenvalue weighted by Crippen LogP contribution is 2.43. The molecule has 0 unspecified atom stereocenters. The van der Waals surface area contributed by atoms with Crippen LogP contribution in [0.4, 0.5) is 11.4 Å². The van der Waals surface area contributed by atoms with E-state index < -0.39 is 0 Å². The van der Waals surface area contributed by atoms with Crippen molar-refractivity contribution in [2.75, 3.05) is 0 Å². The second-order valence-corrected chi connectivity index (χ2v) is 12.5. The first-order valence-electron chi connectivity index (χ1n) is 14.2. The topological polar surface area (TPSA) is 27.2 Å². The standard InChI is InChI=1S/C32H48N2O2/c1-19(2)25-13-11-21(5)15-29(25)35-17-27-23(7)31(33-9)32(34-10)24(8)28(27)18-36-30-16-22(6)12-14-26(30)20(3)4/h19-22,25-26,29-30H,11-18H2,1-8H3/t21-,22-,25+,26+,29-,30-/m1/s1. The first-order valence-corrected chi connectivity index (χ1v) is 14.2. The molecule has 2 aliphatic carbocycles. The smallest absolute Gasteiger partial charge is 0.198 e. The Morgan fingerprint density at radius 2 is 1.06 bits per heavy atom. The predicted molar refractivity (Wildman–Crippen MR) is 148 cm³/mol. The van der Waals surface area contributed by atoms with Crippen LogP contribution in [-0.2, 0) is 22.7 Å². The molecular formula is C32H48N2O2. The minimum Gasteiger partial charge on any atom is -0.373 e. The SMILES string of the molecule is [C-]#[N+]c1c(C)c(CO[C@@H]2C[C@H](C)CC[C@H]2C(C)C)c(CO[C@@H]2C[C@H](C)CC[C@H]2C(C)C)c(C)c1[N+]#[C-]. The van der Waals surface area contributed by atoms with E-state index in [9.17, 15) is 0 Å². The lowest BCUT2D eigenvalue weighted by atomic mass is 9.75. The zero-order valence-electron chi connectivity index (χ0n) is 24.0. The lowest BCUT2D eigenvalue weighted by molar-refractivity contribution is -0.0541. The first-order chi connectivity index (χ1) is 17.1. The van der Waals surface area contributed by atoms with Crippen molar-refractivity contribution >= 4 is 11.4 Å². The van der Waals surface area contributed by atoms with Crippen molar-refractivity contribution in [1.29, 1.82) is 0 Å². The Balaban J connectivity index is 1.92. The van der Waals surface area contributed by atoms with Crippen LogP contribution in [0.5, 0.6) is 0 Å². The van der Waals surface area contributed by atoms with Gasteiger partial charge in [-0.15, -0.1) is 0 Å². The Labute approximate surface area is 220 Å². The Bertz CT molecular complexity index is 905. The molecule has 36 heavy (non-hydrogen) atoms. The fraction of sp³-hybridized carbons (Fsp3) is 0.750. The lowest BCUT2D eigenvalue weighted by Gasteiger charge is -2.38. The van der Waals surface area contributed by atoms with Gasteiger partial charge in [0.2, 0.25) is 0 Å². The zero-order chi connectivity index (χ0) is 26.6. The minimum atomic E-state index is 0.240. The normalized spacial score (nSPS) is 28.8. The Morgan fingerprint density at radius 3 is 1.36 bits per heavy atom. The van der Waals surface area contributed by atoms with Gasteiger partial charge in [-0.25, -0.2) is 9.69 Å². The maximum Gasteiger partial charge on any atom is 0.198 e. The van der Waals surface area contributed by atoms with Crippen LogP contribution in [-0.4, -0.2) is 12.2 Å². The van der Waals surface area contributed by atoms with Gasteiger partial charge in [0, 0.05) is 0 Å². The van der Waals surface area contributed by atoms with E-state index in [1.54, 1.807) is 0 Å². The van der Waals surface area contributed by atoms with Crippen LogP contribution in [0.2, 0.25) is 0 Å². The van der Waals surface area contributed by atoms with Crippen LogP contribution in [0.3, 0.4) is 0 Å². The van der Waals surface area contributed by atoms with E-state index in [2.05, 4.69) is 51.2 Å². The zero-order valence-corrected chi connectivity index (χ0v) is 24.0. The molecule has 2 fully saturated rings. The number of hydrogen-bond donors (Lipinski definition) is 0. The second-order valence-electron chi connectivity index (χ2n) is 12.5. The molecule has 2 aliphatic rings. The quantitative estimate of drug-likeness (QED) is 0.338. The van der Waals surface area contributed by atoms with Crippen molar-refractivity contribution < 1.29 is 9.47 Å². The fourth-order valence-electron chi connectivity index (χ4n) is 6.75. The molecule has 198 valence electrons. The van der Waals surface area contributed by atoms with Gasteiger partial charge in [-0.05, 0) is 72.3 Å². The monoisotopic (exact) mass is 492 g/mol. The minimum absolute atomic E-state index is 0.240. The molecule has 0 amide bonds. The first kappa shape index (κ1) is 28.7. The molecule has 0 radical (unpaired) electrons.